The number of carboxylic acid groups (broad SMARTS) is 1. The van der Waals surface area contributed by atoms with Gasteiger partial charge < -0.3 is 15.2 Å². The lowest BCUT2D eigenvalue weighted by atomic mass is 10.1. The Bertz CT molecular complexity index is 433. The molecule has 1 rings (SSSR count). The predicted molar refractivity (Wildman–Crippen MR) is 58.5 cm³/mol. The molecule has 1 aromatic rings. The Hall–Kier alpha value is -1.95. The molecule has 17 heavy (non-hydrogen) atoms. The van der Waals surface area contributed by atoms with Crippen LogP contribution in [0.2, 0.25) is 0 Å². The number of methoxy groups -OCH3 is 1. The van der Waals surface area contributed by atoms with E-state index in [1.165, 1.54) is 13.2 Å². The molecule has 0 aliphatic heterocycles. The number of carbonyl (C=O) groups is 2. The molecule has 0 radical (unpaired) electrons. The van der Waals surface area contributed by atoms with Crippen LogP contribution in [0.4, 0.5) is 10.1 Å². The Labute approximate surface area is 97.2 Å². The van der Waals surface area contributed by atoms with Gasteiger partial charge in [0, 0.05) is 7.11 Å². The molecule has 1 aromatic carbocycles. The monoisotopic (exact) mass is 241 g/mol. The molecular weight excluding hydrogens is 229 g/mol. The summed E-state index contributed by atoms with van der Waals surface area (Å²) in [5.41, 5.74) is -0.212. The normalized spacial score (nSPS) is 10.0. The van der Waals surface area contributed by atoms with Crippen LogP contribution in [-0.4, -0.2) is 30.7 Å². The van der Waals surface area contributed by atoms with E-state index in [-0.39, 0.29) is 30.2 Å². The minimum Gasteiger partial charge on any atom is -0.478 e. The van der Waals surface area contributed by atoms with Gasteiger partial charge in [0.15, 0.2) is 0 Å². The fourth-order valence-electron chi connectivity index (χ4n) is 1.21. The molecule has 0 saturated heterocycles. The Morgan fingerprint density at radius 1 is 1.47 bits per heavy atom. The zero-order chi connectivity index (χ0) is 12.8. The molecule has 0 aliphatic rings. The average molecular weight is 241 g/mol. The molecule has 92 valence electrons. The van der Waals surface area contributed by atoms with Crippen LogP contribution in [0.3, 0.4) is 0 Å². The van der Waals surface area contributed by atoms with Crippen molar-refractivity contribution in [3.8, 4) is 0 Å². The van der Waals surface area contributed by atoms with Crippen LogP contribution in [0, 0.1) is 5.82 Å². The highest BCUT2D eigenvalue weighted by atomic mass is 19.1. The molecule has 0 saturated carbocycles. The highest BCUT2D eigenvalue weighted by Crippen LogP contribution is 2.17. The highest BCUT2D eigenvalue weighted by Gasteiger charge is 2.13. The maximum atomic E-state index is 12.9. The Balaban J connectivity index is 2.83. The Kier molecular flexibility index (Phi) is 4.59. The second-order valence-electron chi connectivity index (χ2n) is 3.29. The van der Waals surface area contributed by atoms with Crippen LogP contribution in [0.1, 0.15) is 16.8 Å². The molecule has 0 unspecified atom stereocenters. The fraction of sp³-hybridized carbons (Fsp3) is 0.273. The lowest BCUT2D eigenvalue weighted by molar-refractivity contribution is -0.117. The van der Waals surface area contributed by atoms with E-state index in [2.05, 4.69) is 5.32 Å². The fourth-order valence-corrected chi connectivity index (χ4v) is 1.21. The van der Waals surface area contributed by atoms with Crippen LogP contribution in [0.5, 0.6) is 0 Å². The van der Waals surface area contributed by atoms with E-state index in [1.54, 1.807) is 0 Å². The maximum absolute atomic E-state index is 12.9. The number of hydrogen-bond acceptors (Lipinski definition) is 3. The number of nitrogens with one attached hydrogen (secondary N) is 1. The molecule has 5 nitrogen and oxygen atoms in total. The number of aromatic carboxylic acids is 1. The first-order chi connectivity index (χ1) is 8.04. The van der Waals surface area contributed by atoms with Gasteiger partial charge in [-0.3, -0.25) is 4.79 Å². The van der Waals surface area contributed by atoms with Crippen LogP contribution in [0.15, 0.2) is 18.2 Å². The Morgan fingerprint density at radius 3 is 2.76 bits per heavy atom. The summed E-state index contributed by atoms with van der Waals surface area (Å²) < 4.78 is 17.6. The van der Waals surface area contributed by atoms with Gasteiger partial charge in [-0.1, -0.05) is 0 Å². The Morgan fingerprint density at radius 2 is 2.18 bits per heavy atom. The van der Waals surface area contributed by atoms with Crippen LogP contribution in [-0.2, 0) is 9.53 Å². The van der Waals surface area contributed by atoms with Gasteiger partial charge in [-0.05, 0) is 18.2 Å². The quantitative estimate of drug-likeness (QED) is 0.819. The summed E-state index contributed by atoms with van der Waals surface area (Å²) in [7, 11) is 1.45. The number of benzene rings is 1. The number of hydrogen-bond donors (Lipinski definition) is 2. The summed E-state index contributed by atoms with van der Waals surface area (Å²) in [6, 6.07) is 3.15. The summed E-state index contributed by atoms with van der Waals surface area (Å²) >= 11 is 0. The summed E-state index contributed by atoms with van der Waals surface area (Å²) in [4.78, 5) is 22.2. The van der Waals surface area contributed by atoms with Gasteiger partial charge in [-0.25, -0.2) is 9.18 Å². The van der Waals surface area contributed by atoms with Crippen molar-refractivity contribution in [2.24, 2.45) is 0 Å². The molecule has 2 N–H and O–H groups in total. The topological polar surface area (TPSA) is 75.6 Å². The van der Waals surface area contributed by atoms with Gasteiger partial charge in [0.1, 0.15) is 5.82 Å². The van der Waals surface area contributed by atoms with E-state index < -0.39 is 11.8 Å². The third kappa shape index (κ3) is 3.84. The number of halogens is 1. The number of anilines is 1. The largest absolute Gasteiger partial charge is 0.478 e. The van der Waals surface area contributed by atoms with Gasteiger partial charge in [0.05, 0.1) is 24.3 Å². The number of carbonyl (C=O) groups excluding carboxylic acids is 1. The first-order valence-electron chi connectivity index (χ1n) is 4.86. The first kappa shape index (κ1) is 13.1. The van der Waals surface area contributed by atoms with E-state index in [4.69, 9.17) is 9.84 Å². The van der Waals surface area contributed by atoms with E-state index in [9.17, 15) is 14.0 Å². The van der Waals surface area contributed by atoms with Crippen LogP contribution in [0.25, 0.3) is 0 Å². The first-order valence-corrected chi connectivity index (χ1v) is 4.86. The third-order valence-electron chi connectivity index (χ3n) is 2.02. The van der Waals surface area contributed by atoms with E-state index in [1.807, 2.05) is 0 Å². The van der Waals surface area contributed by atoms with Crippen molar-refractivity contribution >= 4 is 17.6 Å². The van der Waals surface area contributed by atoms with Gasteiger partial charge >= 0.3 is 5.97 Å². The molecular formula is C11H12FNO4. The summed E-state index contributed by atoms with van der Waals surface area (Å²) in [6.07, 6.45) is 0.104. The van der Waals surface area contributed by atoms with E-state index in [0.29, 0.717) is 0 Å². The molecule has 0 bridgehead atoms. The van der Waals surface area contributed by atoms with Crippen molar-refractivity contribution in [2.75, 3.05) is 19.0 Å². The summed E-state index contributed by atoms with van der Waals surface area (Å²) in [5.74, 6) is -2.36. The number of ether oxygens (including phenoxy) is 1. The third-order valence-corrected chi connectivity index (χ3v) is 2.02. The summed E-state index contributed by atoms with van der Waals surface area (Å²) in [5, 5.41) is 11.2. The van der Waals surface area contributed by atoms with Gasteiger partial charge in [0.2, 0.25) is 5.91 Å². The predicted octanol–water partition coefficient (Wildman–Crippen LogP) is 1.50. The van der Waals surface area contributed by atoms with Gasteiger partial charge in [-0.2, -0.15) is 0 Å². The highest BCUT2D eigenvalue weighted by molar-refractivity contribution is 6.00. The van der Waals surface area contributed by atoms with Crippen molar-refractivity contribution in [1.29, 1.82) is 0 Å². The molecule has 0 aromatic heterocycles. The molecule has 0 fully saturated rings. The van der Waals surface area contributed by atoms with E-state index in [0.717, 1.165) is 12.1 Å². The van der Waals surface area contributed by atoms with Crippen LogP contribution >= 0.6 is 0 Å². The maximum Gasteiger partial charge on any atom is 0.337 e. The summed E-state index contributed by atoms with van der Waals surface area (Å²) in [6.45, 7) is 0.232. The number of amides is 1. The second kappa shape index (κ2) is 5.95. The molecule has 0 heterocycles. The van der Waals surface area contributed by atoms with Crippen molar-refractivity contribution in [3.63, 3.8) is 0 Å². The van der Waals surface area contributed by atoms with Crippen LogP contribution < -0.4 is 5.32 Å². The lowest BCUT2D eigenvalue weighted by Crippen LogP contribution is -2.16. The van der Waals surface area contributed by atoms with Crippen molar-refractivity contribution < 1.29 is 23.8 Å². The molecule has 0 spiro atoms. The van der Waals surface area contributed by atoms with Gasteiger partial charge in [-0.15, -0.1) is 0 Å². The molecule has 1 amide bonds. The minimum absolute atomic E-state index is 0.0694. The molecule has 6 heteroatoms. The lowest BCUT2D eigenvalue weighted by Gasteiger charge is -2.08. The standard InChI is InChI=1S/C11H12FNO4/c1-17-5-4-10(14)13-9-3-2-7(12)6-8(9)11(15)16/h2-3,6H,4-5H2,1H3,(H,13,14)(H,15,16). The van der Waals surface area contributed by atoms with Gasteiger partial charge in [0.25, 0.3) is 0 Å². The SMILES string of the molecule is COCCC(=O)Nc1ccc(F)cc1C(=O)O. The molecule has 0 aliphatic carbocycles. The van der Waals surface area contributed by atoms with Crippen molar-refractivity contribution in [3.05, 3.63) is 29.6 Å². The van der Waals surface area contributed by atoms with E-state index >= 15 is 0 Å². The smallest absolute Gasteiger partial charge is 0.337 e. The zero-order valence-corrected chi connectivity index (χ0v) is 9.20. The second-order valence-corrected chi connectivity index (χ2v) is 3.29. The van der Waals surface area contributed by atoms with Crippen molar-refractivity contribution in [2.45, 2.75) is 6.42 Å². The molecule has 0 atom stereocenters. The minimum atomic E-state index is -1.30. The number of carboxylic acids is 1. The zero-order valence-electron chi connectivity index (χ0n) is 9.20. The average Bonchev–Trinajstić information content (AvgIpc) is 2.28. The van der Waals surface area contributed by atoms with Crippen molar-refractivity contribution in [1.82, 2.24) is 0 Å². The number of rotatable bonds is 5.